The van der Waals surface area contributed by atoms with Crippen molar-refractivity contribution >= 4 is 29.5 Å². The van der Waals surface area contributed by atoms with Crippen molar-refractivity contribution < 1.29 is 29.1 Å². The molecule has 4 saturated heterocycles. The molecule has 0 saturated carbocycles. The van der Waals surface area contributed by atoms with Crippen molar-refractivity contribution in [3.05, 3.63) is 35.9 Å². The van der Waals surface area contributed by atoms with E-state index in [1.165, 1.54) is 16.7 Å². The van der Waals surface area contributed by atoms with E-state index in [1.54, 1.807) is 40.1 Å². The zero-order valence-corrected chi connectivity index (χ0v) is 20.9. The zero-order valence-electron chi connectivity index (χ0n) is 20.9. The topological polar surface area (TPSA) is 131 Å². The molecule has 5 amide bonds. The molecule has 198 valence electrons. The van der Waals surface area contributed by atoms with Gasteiger partial charge in [0.15, 0.2) is 6.10 Å². The average Bonchev–Trinajstić information content (AvgIpc) is 3.50. The Labute approximate surface area is 215 Å². The molecule has 0 bridgehead atoms. The van der Waals surface area contributed by atoms with Gasteiger partial charge in [0.1, 0.15) is 12.2 Å². The van der Waals surface area contributed by atoms with E-state index in [2.05, 4.69) is 5.32 Å². The fourth-order valence-electron chi connectivity index (χ4n) is 6.04. The lowest BCUT2D eigenvalue weighted by Gasteiger charge is -2.31. The molecule has 4 unspecified atom stereocenters. The van der Waals surface area contributed by atoms with E-state index in [9.17, 15) is 29.1 Å². The molecular weight excluding hydrogens is 478 g/mol. The van der Waals surface area contributed by atoms with Crippen molar-refractivity contribution in [3.63, 3.8) is 0 Å². The highest BCUT2D eigenvalue weighted by Gasteiger charge is 2.51. The predicted molar refractivity (Wildman–Crippen MR) is 130 cm³/mol. The first-order valence-corrected chi connectivity index (χ1v) is 12.9. The summed E-state index contributed by atoms with van der Waals surface area (Å²) in [6.45, 7) is 3.41. The van der Waals surface area contributed by atoms with Crippen molar-refractivity contribution in [1.82, 2.24) is 24.9 Å². The second-order valence-corrected chi connectivity index (χ2v) is 10.3. The molecule has 4 aliphatic heterocycles. The van der Waals surface area contributed by atoms with E-state index in [0.29, 0.717) is 44.5 Å². The second-order valence-electron chi connectivity index (χ2n) is 10.3. The fourth-order valence-corrected chi connectivity index (χ4v) is 6.04. The summed E-state index contributed by atoms with van der Waals surface area (Å²) in [7, 11) is 0. The number of benzene rings is 1. The SMILES string of the molecule is CC(=O)N1CCC(C(=O)NC2CC3C(=O)N4CCN(C(=O)C(O)c5ccccc5)C4CC(=O)N3C2)CC1. The summed E-state index contributed by atoms with van der Waals surface area (Å²) in [4.78, 5) is 70.5. The van der Waals surface area contributed by atoms with Crippen LogP contribution >= 0.6 is 0 Å². The first-order chi connectivity index (χ1) is 17.7. The lowest BCUT2D eigenvalue weighted by molar-refractivity contribution is -0.145. The van der Waals surface area contributed by atoms with Gasteiger partial charge in [-0.2, -0.15) is 0 Å². The van der Waals surface area contributed by atoms with Crippen molar-refractivity contribution in [2.45, 2.75) is 57.0 Å². The summed E-state index contributed by atoms with van der Waals surface area (Å²) in [5.74, 6) is -1.28. The van der Waals surface area contributed by atoms with E-state index in [-0.39, 0.29) is 55.1 Å². The Bertz CT molecular complexity index is 1090. The lowest BCUT2D eigenvalue weighted by Crippen LogP contribution is -2.48. The number of aliphatic hydroxyl groups excluding tert-OH is 1. The van der Waals surface area contributed by atoms with Crippen LogP contribution in [-0.4, -0.2) is 105 Å². The maximum absolute atomic E-state index is 13.5. The van der Waals surface area contributed by atoms with Gasteiger partial charge >= 0.3 is 0 Å². The molecule has 1 aromatic rings. The lowest BCUT2D eigenvalue weighted by atomic mass is 9.95. The largest absolute Gasteiger partial charge is 0.378 e. The Morgan fingerprint density at radius 3 is 2.38 bits per heavy atom. The van der Waals surface area contributed by atoms with Crippen LogP contribution in [0.5, 0.6) is 0 Å². The van der Waals surface area contributed by atoms with Crippen molar-refractivity contribution in [2.75, 3.05) is 32.7 Å². The third kappa shape index (κ3) is 4.79. The molecule has 0 aliphatic carbocycles. The number of carbonyl (C=O) groups is 5. The van der Waals surface area contributed by atoms with Crippen molar-refractivity contribution in [1.29, 1.82) is 0 Å². The van der Waals surface area contributed by atoms with Crippen LogP contribution in [0.2, 0.25) is 0 Å². The Morgan fingerprint density at radius 1 is 1.00 bits per heavy atom. The van der Waals surface area contributed by atoms with Crippen LogP contribution in [0.1, 0.15) is 44.3 Å². The summed E-state index contributed by atoms with van der Waals surface area (Å²) in [5.41, 5.74) is 0.461. The van der Waals surface area contributed by atoms with Gasteiger partial charge in [-0.25, -0.2) is 0 Å². The van der Waals surface area contributed by atoms with Gasteiger partial charge in [-0.3, -0.25) is 24.0 Å². The number of hydrogen-bond donors (Lipinski definition) is 2. The van der Waals surface area contributed by atoms with E-state index >= 15 is 0 Å². The molecule has 37 heavy (non-hydrogen) atoms. The first kappa shape index (κ1) is 25.2. The number of likely N-dealkylation sites (tertiary alicyclic amines) is 1. The smallest absolute Gasteiger partial charge is 0.257 e. The predicted octanol–water partition coefficient (Wildman–Crippen LogP) is -0.535. The number of piperidine rings is 1. The molecule has 4 atom stereocenters. The molecule has 11 heteroatoms. The van der Waals surface area contributed by atoms with E-state index in [0.717, 1.165) is 0 Å². The number of carbonyl (C=O) groups excluding carboxylic acids is 5. The minimum atomic E-state index is -1.36. The minimum Gasteiger partial charge on any atom is -0.378 e. The molecule has 1 aromatic carbocycles. The summed E-state index contributed by atoms with van der Waals surface area (Å²) < 4.78 is 0. The van der Waals surface area contributed by atoms with Crippen LogP contribution in [0.3, 0.4) is 0 Å². The Hall–Kier alpha value is -3.47. The number of rotatable bonds is 4. The molecular formula is C26H33N5O6. The van der Waals surface area contributed by atoms with Crippen LogP contribution in [-0.2, 0) is 24.0 Å². The molecule has 5 rings (SSSR count). The Balaban J connectivity index is 1.22. The van der Waals surface area contributed by atoms with Gasteiger partial charge in [0.2, 0.25) is 23.6 Å². The maximum atomic E-state index is 13.5. The number of nitrogens with zero attached hydrogens (tertiary/aromatic N) is 4. The standard InChI is InChI=1S/C26H33N5O6/c1-16(32)28-9-7-18(8-10-28)24(35)27-19-13-20-25(36)29-11-12-30(21(29)14-22(33)31(20)15-19)26(37)23(34)17-5-3-2-4-6-17/h2-6,18-21,23,34H,7-15H2,1H3,(H,27,35). The number of nitrogens with one attached hydrogen (secondary N) is 1. The zero-order chi connectivity index (χ0) is 26.3. The monoisotopic (exact) mass is 511 g/mol. The molecule has 0 spiro atoms. The molecule has 4 heterocycles. The number of fused-ring (bicyclic) bond motifs is 2. The average molecular weight is 512 g/mol. The van der Waals surface area contributed by atoms with Crippen LogP contribution in [0.25, 0.3) is 0 Å². The van der Waals surface area contributed by atoms with Gasteiger partial charge in [-0.1, -0.05) is 30.3 Å². The molecule has 2 N–H and O–H groups in total. The van der Waals surface area contributed by atoms with Crippen molar-refractivity contribution in [2.24, 2.45) is 5.92 Å². The highest BCUT2D eigenvalue weighted by molar-refractivity contribution is 5.93. The van der Waals surface area contributed by atoms with Crippen molar-refractivity contribution in [3.8, 4) is 0 Å². The molecule has 0 radical (unpaired) electrons. The van der Waals surface area contributed by atoms with Gasteiger partial charge < -0.3 is 30.0 Å². The van der Waals surface area contributed by atoms with Crippen LogP contribution in [0.15, 0.2) is 30.3 Å². The van der Waals surface area contributed by atoms with Crippen LogP contribution in [0, 0.1) is 5.92 Å². The quantitative estimate of drug-likeness (QED) is 0.559. The minimum absolute atomic E-state index is 0.00896. The third-order valence-corrected chi connectivity index (χ3v) is 8.14. The molecule has 11 nitrogen and oxygen atoms in total. The van der Waals surface area contributed by atoms with E-state index in [1.807, 2.05) is 0 Å². The van der Waals surface area contributed by atoms with E-state index < -0.39 is 24.2 Å². The second kappa shape index (κ2) is 10.1. The highest BCUT2D eigenvalue weighted by Crippen LogP contribution is 2.32. The van der Waals surface area contributed by atoms with E-state index in [4.69, 9.17) is 0 Å². The maximum Gasteiger partial charge on any atom is 0.257 e. The van der Waals surface area contributed by atoms with Gasteiger partial charge in [0, 0.05) is 51.6 Å². The highest BCUT2D eigenvalue weighted by atomic mass is 16.3. The van der Waals surface area contributed by atoms with Crippen LogP contribution < -0.4 is 5.32 Å². The van der Waals surface area contributed by atoms with Crippen LogP contribution in [0.4, 0.5) is 0 Å². The van der Waals surface area contributed by atoms with Gasteiger partial charge in [-0.05, 0) is 24.8 Å². The first-order valence-electron chi connectivity index (χ1n) is 12.9. The Morgan fingerprint density at radius 2 is 1.70 bits per heavy atom. The summed E-state index contributed by atoms with van der Waals surface area (Å²) in [6, 6.07) is 7.58. The van der Waals surface area contributed by atoms with Gasteiger partial charge in [0.25, 0.3) is 5.91 Å². The summed E-state index contributed by atoms with van der Waals surface area (Å²) >= 11 is 0. The number of hydrogen-bond acceptors (Lipinski definition) is 6. The van der Waals surface area contributed by atoms with Gasteiger partial charge in [0.05, 0.1) is 6.42 Å². The number of aliphatic hydroxyl groups is 1. The third-order valence-electron chi connectivity index (χ3n) is 8.14. The molecule has 4 fully saturated rings. The number of amides is 5. The Kier molecular flexibility index (Phi) is 6.89. The summed E-state index contributed by atoms with van der Waals surface area (Å²) in [5, 5.41) is 13.6. The molecule has 0 aromatic heterocycles. The normalized spacial score (nSPS) is 27.0. The summed E-state index contributed by atoms with van der Waals surface area (Å²) in [6.07, 6.45) is -0.618. The van der Waals surface area contributed by atoms with Gasteiger partial charge in [-0.15, -0.1) is 0 Å². The fraction of sp³-hybridized carbons (Fsp3) is 0.577. The molecule has 4 aliphatic rings.